The van der Waals surface area contributed by atoms with Crippen molar-refractivity contribution in [2.75, 3.05) is 0 Å². The standard InChI is InChI=1S/2C28H27N2O.2C26H23N2O/c1-17(2)20-7-6-8-21(15-20)22-11-14-25(30(5)16-22)26-18(3)9-12-23-24-13-10-19(4)29-28(24)31-27(23)26;1-17(2)20-7-6-8-21(15-20)22-13-14-30(5)25(16-22)26-18(3)9-11-23-24-12-10-19(4)29-28(24)31-27(23)26;1-16-7-5-8-19(15-16)20-9-6-14-28(4)24(20)23-17(2)10-12-21-22-13-11-18(3)27-26(22)29-25(21)23;1-16-6-5-7-19(14-16)20-12-13-28(4)23(15-20)24-17(2)8-10-21-22-11-9-18(3)27-26(22)29-25(21)24/h2*6-17H,1-5H3;2*5-15H,1-4H3/q4*+1. The first-order valence-corrected chi connectivity index (χ1v) is 41.4. The number of aryl methyl sites for hydroxylation is 14. The molecule has 0 N–H and O–H groups in total. The largest absolute Gasteiger partial charge is 0.437 e. The molecule has 0 saturated carbocycles. The Labute approximate surface area is 701 Å². The molecule has 0 unspecified atom stereocenters. The number of nitrogens with zero attached hydrogens (tertiary/aromatic N) is 8. The molecule has 0 atom stereocenters. The van der Waals surface area contributed by atoms with Gasteiger partial charge in [0.05, 0.1) is 27.8 Å². The fraction of sp³-hybridized carbons (Fsp3) is 0.185. The van der Waals surface area contributed by atoms with Crippen LogP contribution in [0.1, 0.15) is 107 Å². The second-order valence-corrected chi connectivity index (χ2v) is 33.1. The van der Waals surface area contributed by atoms with Gasteiger partial charge in [0.25, 0.3) is 0 Å². The number of furan rings is 4. The van der Waals surface area contributed by atoms with Gasteiger partial charge in [-0.25, -0.2) is 38.2 Å². The van der Waals surface area contributed by atoms with E-state index in [0.717, 1.165) is 133 Å². The Balaban J connectivity index is 0.000000114. The molecule has 0 spiro atoms. The predicted octanol–water partition coefficient (Wildman–Crippen LogP) is 25.9. The van der Waals surface area contributed by atoms with Crippen LogP contribution in [-0.2, 0) is 28.2 Å². The van der Waals surface area contributed by atoms with Crippen molar-refractivity contribution in [1.29, 1.82) is 0 Å². The molecule has 20 rings (SSSR count). The lowest BCUT2D eigenvalue weighted by Crippen LogP contribution is -2.31. The highest BCUT2D eigenvalue weighted by atomic mass is 16.4. The third kappa shape index (κ3) is 15.1. The van der Waals surface area contributed by atoms with Gasteiger partial charge >= 0.3 is 0 Å². The van der Waals surface area contributed by atoms with E-state index in [-0.39, 0.29) is 0 Å². The summed E-state index contributed by atoms with van der Waals surface area (Å²) in [5.41, 5.74) is 38.9. The van der Waals surface area contributed by atoms with Crippen LogP contribution in [-0.4, -0.2) is 19.9 Å². The highest BCUT2D eigenvalue weighted by Crippen LogP contribution is 2.44. The molecular formula is C108H100N8O4+4. The third-order valence-corrected chi connectivity index (χ3v) is 23.5. The molecule has 12 heterocycles. The van der Waals surface area contributed by atoms with Crippen molar-refractivity contribution in [3.05, 3.63) is 335 Å². The van der Waals surface area contributed by atoms with Crippen LogP contribution < -0.4 is 18.3 Å². The highest BCUT2D eigenvalue weighted by molar-refractivity contribution is 6.12. The molecule has 0 saturated heterocycles. The van der Waals surface area contributed by atoms with Crippen molar-refractivity contribution in [1.82, 2.24) is 19.9 Å². The summed E-state index contributed by atoms with van der Waals surface area (Å²) in [5.74, 6) is 1.01. The smallest absolute Gasteiger partial charge is 0.227 e. The Morgan fingerprint density at radius 1 is 0.258 bits per heavy atom. The maximum Gasteiger partial charge on any atom is 0.227 e. The van der Waals surface area contributed by atoms with Gasteiger partial charge in [-0.2, -0.15) is 0 Å². The Bertz CT molecular complexity index is 7430. The number of rotatable bonds is 10. The van der Waals surface area contributed by atoms with E-state index in [2.05, 4.69) is 379 Å². The molecule has 0 aliphatic heterocycles. The van der Waals surface area contributed by atoms with Crippen molar-refractivity contribution >= 4 is 88.3 Å². The quantitative estimate of drug-likeness (QED) is 0.124. The van der Waals surface area contributed by atoms with Gasteiger partial charge in [0, 0.05) is 108 Å². The Kier molecular flexibility index (Phi) is 21.1. The average molecular weight is 1570 g/mol. The molecule has 0 bridgehead atoms. The van der Waals surface area contributed by atoms with E-state index in [9.17, 15) is 0 Å². The zero-order chi connectivity index (χ0) is 83.6. The SMILES string of the molecule is Cc1ccc2c(n1)oc1c(-c3cc(-c4cccc(C(C)C)c4)cc[n+]3C)c(C)ccc12.Cc1ccc2c(n1)oc1c(-c3ccc(-c4cccc(C(C)C)c4)c[n+]3C)c(C)ccc12.Cc1cccc(-c2cc[n+](C)c(-c3c(C)ccc4c3oc3nc(C)ccc34)c2)c1.Cc1cccc(-c2ccc[n+](C)c2-c2c(C)ccc3c2oc2nc(C)ccc23)c1. The molecule has 12 aromatic heterocycles. The van der Waals surface area contributed by atoms with Crippen LogP contribution in [0, 0.1) is 69.2 Å². The number of hydrogen-bond acceptors (Lipinski definition) is 8. The molecule has 0 radical (unpaired) electrons. The number of pyridine rings is 8. The summed E-state index contributed by atoms with van der Waals surface area (Å²) in [6.07, 6.45) is 8.56. The fourth-order valence-electron chi connectivity index (χ4n) is 16.9. The average Bonchev–Trinajstić information content (AvgIpc) is 1.60. The molecule has 120 heavy (non-hydrogen) atoms. The van der Waals surface area contributed by atoms with E-state index in [1.807, 2.05) is 52.0 Å². The van der Waals surface area contributed by atoms with Crippen LogP contribution >= 0.6 is 0 Å². The molecule has 0 aliphatic rings. The van der Waals surface area contributed by atoms with E-state index in [1.54, 1.807) is 0 Å². The second kappa shape index (κ2) is 32.2. The maximum atomic E-state index is 6.34. The Morgan fingerprint density at radius 3 is 1.00 bits per heavy atom. The summed E-state index contributed by atoms with van der Waals surface area (Å²) in [4.78, 5) is 18.4. The summed E-state index contributed by atoms with van der Waals surface area (Å²) in [6.45, 7) is 29.7. The van der Waals surface area contributed by atoms with Crippen molar-refractivity contribution in [3.8, 4) is 89.5 Å². The van der Waals surface area contributed by atoms with Crippen molar-refractivity contribution in [2.45, 2.75) is 109 Å². The van der Waals surface area contributed by atoms with Crippen LogP contribution in [0.25, 0.3) is 178 Å². The zero-order valence-corrected chi connectivity index (χ0v) is 71.8. The van der Waals surface area contributed by atoms with Crippen LogP contribution in [0.15, 0.2) is 285 Å². The molecule has 592 valence electrons. The van der Waals surface area contributed by atoms with Crippen LogP contribution in [0.3, 0.4) is 0 Å². The highest BCUT2D eigenvalue weighted by Gasteiger charge is 2.29. The van der Waals surface area contributed by atoms with Crippen molar-refractivity contribution in [3.63, 3.8) is 0 Å². The zero-order valence-electron chi connectivity index (χ0n) is 71.8. The number of aromatic nitrogens is 8. The van der Waals surface area contributed by atoms with E-state index < -0.39 is 0 Å². The van der Waals surface area contributed by atoms with Gasteiger partial charge in [0.2, 0.25) is 45.6 Å². The van der Waals surface area contributed by atoms with Crippen LogP contribution in [0.2, 0.25) is 0 Å². The normalized spacial score (nSPS) is 11.6. The van der Waals surface area contributed by atoms with Gasteiger partial charge in [0.15, 0.2) is 47.1 Å². The number of fused-ring (bicyclic) bond motifs is 12. The van der Waals surface area contributed by atoms with Crippen LogP contribution in [0.4, 0.5) is 0 Å². The van der Waals surface area contributed by atoms with E-state index in [1.165, 1.54) is 89.0 Å². The fourth-order valence-corrected chi connectivity index (χ4v) is 16.9. The van der Waals surface area contributed by atoms with Gasteiger partial charge in [-0.15, -0.1) is 0 Å². The van der Waals surface area contributed by atoms with Gasteiger partial charge in [-0.3, -0.25) is 0 Å². The second-order valence-electron chi connectivity index (χ2n) is 33.1. The lowest BCUT2D eigenvalue weighted by Gasteiger charge is -2.11. The lowest BCUT2D eigenvalue weighted by atomic mass is 9.94. The molecule has 20 aromatic rings. The topological polar surface area (TPSA) is 120 Å². The summed E-state index contributed by atoms with van der Waals surface area (Å²) in [7, 11) is 8.37. The monoisotopic (exact) mass is 1570 g/mol. The van der Waals surface area contributed by atoms with Gasteiger partial charge in [0.1, 0.15) is 28.2 Å². The Hall–Kier alpha value is -13.8. The molecular weight excluding hydrogens is 1470 g/mol. The summed E-state index contributed by atoms with van der Waals surface area (Å²) < 4.78 is 34.0. The van der Waals surface area contributed by atoms with E-state index >= 15 is 0 Å². The van der Waals surface area contributed by atoms with E-state index in [4.69, 9.17) is 17.7 Å². The van der Waals surface area contributed by atoms with Gasteiger partial charge in [-0.05, 0) is 208 Å². The molecule has 0 amide bonds. The van der Waals surface area contributed by atoms with E-state index in [0.29, 0.717) is 34.7 Å². The third-order valence-electron chi connectivity index (χ3n) is 23.5. The van der Waals surface area contributed by atoms with Gasteiger partial charge < -0.3 is 17.7 Å². The molecule has 0 aliphatic carbocycles. The lowest BCUT2D eigenvalue weighted by molar-refractivity contribution is -0.660. The van der Waals surface area contributed by atoms with Crippen molar-refractivity contribution < 1.29 is 35.9 Å². The minimum atomic E-state index is 0.502. The molecule has 8 aromatic carbocycles. The van der Waals surface area contributed by atoms with Gasteiger partial charge in [-0.1, -0.05) is 184 Å². The minimum Gasteiger partial charge on any atom is -0.437 e. The number of benzene rings is 8. The number of hydrogen-bond donors (Lipinski definition) is 0. The van der Waals surface area contributed by atoms with Crippen LogP contribution in [0.5, 0.6) is 0 Å². The maximum absolute atomic E-state index is 6.34. The van der Waals surface area contributed by atoms with Crippen molar-refractivity contribution in [2.24, 2.45) is 28.2 Å². The first-order chi connectivity index (χ1) is 57.9. The molecule has 12 heteroatoms. The predicted molar refractivity (Wildman–Crippen MR) is 490 cm³/mol. The molecule has 0 fully saturated rings. The first kappa shape index (κ1) is 78.7. The summed E-state index contributed by atoms with van der Waals surface area (Å²) in [5, 5.41) is 8.66. The summed E-state index contributed by atoms with van der Waals surface area (Å²) >= 11 is 0. The Morgan fingerprint density at radius 2 is 0.600 bits per heavy atom. The minimum absolute atomic E-state index is 0.502. The molecule has 12 nitrogen and oxygen atoms in total. The first-order valence-electron chi connectivity index (χ1n) is 41.4. The summed E-state index contributed by atoms with van der Waals surface area (Å²) in [6, 6.07) is 86.3.